The number of amides is 1. The summed E-state index contributed by atoms with van der Waals surface area (Å²) in [5.74, 6) is -1.67. The molecule has 8 nitrogen and oxygen atoms in total. The third-order valence-electron chi connectivity index (χ3n) is 4.77. The summed E-state index contributed by atoms with van der Waals surface area (Å²) < 4.78 is 57.6. The number of hydrogen-bond acceptors (Lipinski definition) is 7. The van der Waals surface area contributed by atoms with Crippen LogP contribution in [0.1, 0.15) is 27.6 Å². The fourth-order valence-electron chi connectivity index (χ4n) is 3.27. The number of rotatable bonds is 7. The van der Waals surface area contributed by atoms with Gasteiger partial charge in [0, 0.05) is 21.6 Å². The molecule has 0 bridgehead atoms. The van der Waals surface area contributed by atoms with Gasteiger partial charge in [0.2, 0.25) is 0 Å². The summed E-state index contributed by atoms with van der Waals surface area (Å²) >= 11 is 4.37. The molecule has 0 unspecified atom stereocenters. The molecule has 2 aromatic carbocycles. The van der Waals surface area contributed by atoms with E-state index < -0.39 is 23.8 Å². The normalized spacial score (nSPS) is 11.4. The number of anilines is 1. The van der Waals surface area contributed by atoms with Crippen LogP contribution >= 0.6 is 27.7 Å². The lowest BCUT2D eigenvalue weighted by Gasteiger charge is -2.11. The summed E-state index contributed by atoms with van der Waals surface area (Å²) in [4.78, 5) is 21.8. The SMILES string of the molecule is Cc1cc(C)nc(SCc2c(C(=O)Nc3ccc(Br)cc3F)nnn2-c2ccc(OC(F)(F)F)cc2)n1. The van der Waals surface area contributed by atoms with Crippen LogP contribution in [0.25, 0.3) is 5.69 Å². The van der Waals surface area contributed by atoms with E-state index in [1.54, 1.807) is 6.07 Å². The van der Waals surface area contributed by atoms with Crippen molar-refractivity contribution >= 4 is 39.3 Å². The number of nitrogens with one attached hydrogen (secondary N) is 1. The van der Waals surface area contributed by atoms with Gasteiger partial charge in [-0.15, -0.1) is 18.3 Å². The van der Waals surface area contributed by atoms with Crippen LogP contribution < -0.4 is 10.1 Å². The molecule has 2 aromatic heterocycles. The van der Waals surface area contributed by atoms with E-state index in [0.29, 0.717) is 21.0 Å². The Labute approximate surface area is 220 Å². The first kappa shape index (κ1) is 26.5. The predicted molar refractivity (Wildman–Crippen MR) is 131 cm³/mol. The number of aryl methyl sites for hydroxylation is 2. The van der Waals surface area contributed by atoms with Crippen LogP contribution in [0.3, 0.4) is 0 Å². The summed E-state index contributed by atoms with van der Waals surface area (Å²) in [5, 5.41) is 10.9. The van der Waals surface area contributed by atoms with Crippen molar-refractivity contribution in [1.29, 1.82) is 0 Å². The van der Waals surface area contributed by atoms with Crippen LogP contribution in [-0.2, 0) is 5.75 Å². The number of alkyl halides is 3. The highest BCUT2D eigenvalue weighted by atomic mass is 79.9. The van der Waals surface area contributed by atoms with Crippen LogP contribution in [0.2, 0.25) is 0 Å². The zero-order valence-electron chi connectivity index (χ0n) is 19.2. The van der Waals surface area contributed by atoms with Gasteiger partial charge in [0.25, 0.3) is 5.91 Å². The zero-order valence-corrected chi connectivity index (χ0v) is 21.6. The molecule has 0 spiro atoms. The van der Waals surface area contributed by atoms with Crippen LogP contribution in [0.4, 0.5) is 23.2 Å². The molecule has 0 atom stereocenters. The lowest BCUT2D eigenvalue weighted by molar-refractivity contribution is -0.274. The van der Waals surface area contributed by atoms with Crippen LogP contribution in [0, 0.1) is 19.7 Å². The van der Waals surface area contributed by atoms with Gasteiger partial charge < -0.3 is 10.1 Å². The number of hydrogen-bond donors (Lipinski definition) is 1. The highest BCUT2D eigenvalue weighted by molar-refractivity contribution is 9.10. The van der Waals surface area contributed by atoms with Crippen molar-refractivity contribution in [1.82, 2.24) is 25.0 Å². The minimum Gasteiger partial charge on any atom is -0.406 e. The van der Waals surface area contributed by atoms with Gasteiger partial charge in [-0.2, -0.15) is 0 Å². The molecule has 4 rings (SSSR count). The van der Waals surface area contributed by atoms with Gasteiger partial charge in [-0.25, -0.2) is 19.0 Å². The summed E-state index contributed by atoms with van der Waals surface area (Å²) in [7, 11) is 0. The predicted octanol–water partition coefficient (Wildman–Crippen LogP) is 6.02. The number of carbonyl (C=O) groups is 1. The zero-order chi connectivity index (χ0) is 26.7. The number of nitrogens with zero attached hydrogens (tertiary/aromatic N) is 5. The van der Waals surface area contributed by atoms with E-state index in [4.69, 9.17) is 0 Å². The van der Waals surface area contributed by atoms with Crippen molar-refractivity contribution in [3.63, 3.8) is 0 Å². The van der Waals surface area contributed by atoms with Gasteiger partial charge in [0.15, 0.2) is 10.9 Å². The third-order valence-corrected chi connectivity index (χ3v) is 6.12. The minimum absolute atomic E-state index is 0.0624. The summed E-state index contributed by atoms with van der Waals surface area (Å²) in [6.45, 7) is 3.64. The van der Waals surface area contributed by atoms with Crippen molar-refractivity contribution in [2.24, 2.45) is 0 Å². The Morgan fingerprint density at radius 1 is 1.08 bits per heavy atom. The Morgan fingerprint density at radius 2 is 1.76 bits per heavy atom. The van der Waals surface area contributed by atoms with Crippen LogP contribution in [0.15, 0.2) is 58.2 Å². The number of ether oxygens (including phenoxy) is 1. The highest BCUT2D eigenvalue weighted by Gasteiger charge is 2.31. The molecule has 0 fully saturated rings. The van der Waals surface area contributed by atoms with Crippen molar-refractivity contribution in [3.05, 3.63) is 81.6 Å². The standard InChI is InChI=1S/C23H17BrF4N6O2S/c1-12-9-13(2)30-22(29-12)37-11-19-20(21(35)31-18-8-3-14(24)10-17(18)25)32-33-34(19)15-4-6-16(7-5-15)36-23(26,27)28/h3-10H,11H2,1-2H3,(H,31,35). The van der Waals surface area contributed by atoms with Gasteiger partial charge in [-0.1, -0.05) is 32.9 Å². The summed E-state index contributed by atoms with van der Waals surface area (Å²) in [6, 6.07) is 10.9. The Hall–Kier alpha value is -3.52. The fraction of sp³-hybridized carbons (Fsp3) is 0.174. The summed E-state index contributed by atoms with van der Waals surface area (Å²) in [5.41, 5.74) is 1.97. The lowest BCUT2D eigenvalue weighted by Crippen LogP contribution is -2.17. The Bertz CT molecular complexity index is 1430. The largest absolute Gasteiger partial charge is 0.573 e. The number of benzene rings is 2. The van der Waals surface area contributed by atoms with E-state index in [1.165, 1.54) is 40.7 Å². The van der Waals surface area contributed by atoms with Crippen molar-refractivity contribution in [2.75, 3.05) is 5.32 Å². The molecule has 0 saturated carbocycles. The minimum atomic E-state index is -4.84. The quantitative estimate of drug-likeness (QED) is 0.158. The molecule has 192 valence electrons. The van der Waals surface area contributed by atoms with E-state index in [2.05, 4.69) is 46.3 Å². The molecule has 4 aromatic rings. The van der Waals surface area contributed by atoms with Gasteiger partial charge in [-0.3, -0.25) is 4.79 Å². The first-order chi connectivity index (χ1) is 17.5. The molecule has 0 aliphatic rings. The lowest BCUT2D eigenvalue weighted by atomic mass is 10.2. The van der Waals surface area contributed by atoms with E-state index in [-0.39, 0.29) is 17.1 Å². The third kappa shape index (κ3) is 6.83. The Kier molecular flexibility index (Phi) is 7.78. The Morgan fingerprint density at radius 3 is 2.38 bits per heavy atom. The maximum absolute atomic E-state index is 14.3. The second kappa shape index (κ2) is 10.8. The first-order valence-electron chi connectivity index (χ1n) is 10.5. The molecule has 14 heteroatoms. The van der Waals surface area contributed by atoms with Crippen LogP contribution in [0.5, 0.6) is 5.75 Å². The van der Waals surface area contributed by atoms with E-state index in [0.717, 1.165) is 23.5 Å². The maximum atomic E-state index is 14.3. The molecular formula is C23H17BrF4N6O2S. The van der Waals surface area contributed by atoms with Gasteiger partial charge >= 0.3 is 6.36 Å². The second-order valence-corrected chi connectivity index (χ2v) is 9.50. The molecule has 0 saturated heterocycles. The number of carbonyl (C=O) groups excluding carboxylic acids is 1. The van der Waals surface area contributed by atoms with Crippen LogP contribution in [-0.4, -0.2) is 37.2 Å². The molecule has 37 heavy (non-hydrogen) atoms. The number of halogens is 5. The smallest absolute Gasteiger partial charge is 0.406 e. The van der Waals surface area contributed by atoms with E-state index in [9.17, 15) is 22.4 Å². The van der Waals surface area contributed by atoms with Crippen molar-refractivity contribution in [3.8, 4) is 11.4 Å². The molecular weight excluding hydrogens is 580 g/mol. The summed E-state index contributed by atoms with van der Waals surface area (Å²) in [6.07, 6.45) is -4.84. The number of thioether (sulfide) groups is 1. The van der Waals surface area contributed by atoms with E-state index >= 15 is 0 Å². The monoisotopic (exact) mass is 596 g/mol. The van der Waals surface area contributed by atoms with Gasteiger partial charge in [-0.05, 0) is 62.4 Å². The van der Waals surface area contributed by atoms with Gasteiger partial charge in [0.05, 0.1) is 17.1 Å². The molecule has 0 aliphatic carbocycles. The topological polar surface area (TPSA) is 94.8 Å². The molecule has 0 aliphatic heterocycles. The Balaban J connectivity index is 1.67. The van der Waals surface area contributed by atoms with E-state index in [1.807, 2.05) is 19.9 Å². The van der Waals surface area contributed by atoms with Crippen molar-refractivity contribution in [2.45, 2.75) is 31.1 Å². The molecule has 2 heterocycles. The molecule has 1 amide bonds. The average Bonchev–Trinajstić information content (AvgIpc) is 3.22. The fourth-order valence-corrected chi connectivity index (χ4v) is 4.54. The first-order valence-corrected chi connectivity index (χ1v) is 12.3. The number of aromatic nitrogens is 5. The second-order valence-electron chi connectivity index (χ2n) is 7.64. The van der Waals surface area contributed by atoms with Crippen molar-refractivity contribution < 1.29 is 27.1 Å². The highest BCUT2D eigenvalue weighted by Crippen LogP contribution is 2.27. The van der Waals surface area contributed by atoms with Gasteiger partial charge in [0.1, 0.15) is 11.6 Å². The molecule has 0 radical (unpaired) electrons. The molecule has 1 N–H and O–H groups in total. The maximum Gasteiger partial charge on any atom is 0.573 e. The average molecular weight is 597 g/mol.